The summed E-state index contributed by atoms with van der Waals surface area (Å²) in [6.45, 7) is 4.23. The fourth-order valence-electron chi connectivity index (χ4n) is 8.71. The van der Waals surface area contributed by atoms with E-state index in [4.69, 9.17) is 9.98 Å². The Labute approximate surface area is 322 Å². The second-order valence-corrected chi connectivity index (χ2v) is 14.7. The predicted octanol–water partition coefficient (Wildman–Crippen LogP) is 13.0. The normalized spacial score (nSPS) is 15.4. The zero-order valence-corrected chi connectivity index (χ0v) is 30.9. The van der Waals surface area contributed by atoms with Crippen LogP contribution in [0.2, 0.25) is 0 Å². The van der Waals surface area contributed by atoms with Crippen molar-refractivity contribution in [1.82, 2.24) is 0 Å². The largest absolute Gasteiger partial charge is 0.248 e. The first kappa shape index (κ1) is 32.7. The van der Waals surface area contributed by atoms with Crippen LogP contribution >= 0.6 is 0 Å². The monoisotopic (exact) mass is 702 g/mol. The molecule has 0 unspecified atom stereocenters. The molecule has 0 amide bonds. The molecule has 260 valence electrons. The highest BCUT2D eigenvalue weighted by Crippen LogP contribution is 2.63. The van der Waals surface area contributed by atoms with E-state index in [1.807, 2.05) is 0 Å². The van der Waals surface area contributed by atoms with Crippen LogP contribution < -0.4 is 0 Å². The Balaban J connectivity index is 1.24. The Morgan fingerprint density at radius 2 is 0.691 bits per heavy atom. The van der Waals surface area contributed by atoms with E-state index in [-0.39, 0.29) is 0 Å². The molecule has 0 fully saturated rings. The minimum Gasteiger partial charge on any atom is -0.248 e. The maximum Gasteiger partial charge on any atom is 0.0781 e. The summed E-state index contributed by atoms with van der Waals surface area (Å²) in [5, 5.41) is 0. The number of hydrogen-bond donors (Lipinski definition) is 0. The van der Waals surface area contributed by atoms with Crippen LogP contribution in [0.25, 0.3) is 22.3 Å². The van der Waals surface area contributed by atoms with Crippen molar-refractivity contribution in [2.24, 2.45) is 9.98 Å². The Morgan fingerprint density at radius 1 is 0.327 bits per heavy atom. The fraction of sp³-hybridized carbons (Fsp3) is 0.0566. The van der Waals surface area contributed by atoms with E-state index in [2.05, 4.69) is 208 Å². The highest BCUT2D eigenvalue weighted by molar-refractivity contribution is 6.16. The Bertz CT molecular complexity index is 2600. The van der Waals surface area contributed by atoms with Crippen molar-refractivity contribution in [3.63, 3.8) is 0 Å². The average Bonchev–Trinajstić information content (AvgIpc) is 3.70. The van der Waals surface area contributed by atoms with Gasteiger partial charge in [-0.05, 0) is 94.8 Å². The molecule has 2 aliphatic carbocycles. The van der Waals surface area contributed by atoms with E-state index in [1.54, 1.807) is 0 Å². The van der Waals surface area contributed by atoms with Crippen LogP contribution in [0.5, 0.6) is 0 Å². The minimum absolute atomic E-state index is 0.540. The molecule has 0 saturated heterocycles. The van der Waals surface area contributed by atoms with Gasteiger partial charge in [0.15, 0.2) is 0 Å². The fourth-order valence-corrected chi connectivity index (χ4v) is 8.71. The Kier molecular flexibility index (Phi) is 7.85. The highest BCUT2D eigenvalue weighted by atomic mass is 14.8. The summed E-state index contributed by atoms with van der Waals surface area (Å²) < 4.78 is 0. The van der Waals surface area contributed by atoms with Crippen LogP contribution in [0.4, 0.5) is 11.4 Å². The first-order chi connectivity index (χ1) is 27.1. The van der Waals surface area contributed by atoms with E-state index in [0.717, 1.165) is 45.1 Å². The second kappa shape index (κ2) is 13.2. The van der Waals surface area contributed by atoms with Gasteiger partial charge < -0.3 is 0 Å². The lowest BCUT2D eigenvalue weighted by molar-refractivity contribution is 0.793. The van der Waals surface area contributed by atoms with E-state index < -0.39 is 5.41 Å². The zero-order valence-electron chi connectivity index (χ0n) is 30.9. The third-order valence-electron chi connectivity index (χ3n) is 11.3. The quantitative estimate of drug-likeness (QED) is 0.154. The van der Waals surface area contributed by atoms with Gasteiger partial charge in [-0.1, -0.05) is 169 Å². The van der Waals surface area contributed by atoms with E-state index in [0.29, 0.717) is 0 Å². The number of nitrogens with zero attached hydrogens (tertiary/aromatic N) is 2. The molecule has 0 aliphatic heterocycles. The van der Waals surface area contributed by atoms with Crippen molar-refractivity contribution >= 4 is 22.8 Å². The van der Waals surface area contributed by atoms with Gasteiger partial charge in [0.1, 0.15) is 0 Å². The summed E-state index contributed by atoms with van der Waals surface area (Å²) in [6.07, 6.45) is 0. The molecular formula is C53H38N2. The van der Waals surface area contributed by atoms with Gasteiger partial charge in [0.2, 0.25) is 0 Å². The van der Waals surface area contributed by atoms with Crippen molar-refractivity contribution in [3.8, 4) is 22.3 Å². The molecule has 0 saturated carbocycles. The Hall–Kier alpha value is -6.90. The summed E-state index contributed by atoms with van der Waals surface area (Å²) in [5.41, 5.74) is 20.2. The summed E-state index contributed by atoms with van der Waals surface area (Å²) in [4.78, 5) is 10.7. The SMILES string of the molecule is Cc1ccc(N=C(c2ccccc2)c2ccc3c(c2)C2(c4ccccc4-3)c3ccccc3-c3ccc(C(=Nc4ccc(C)cc4)c4ccccc4)cc32)cc1. The zero-order chi connectivity index (χ0) is 36.9. The van der Waals surface area contributed by atoms with Crippen molar-refractivity contribution in [2.45, 2.75) is 19.3 Å². The van der Waals surface area contributed by atoms with Crippen LogP contribution in [-0.4, -0.2) is 11.4 Å². The smallest absolute Gasteiger partial charge is 0.0781 e. The second-order valence-electron chi connectivity index (χ2n) is 14.7. The molecule has 10 rings (SSSR count). The van der Waals surface area contributed by atoms with Crippen LogP contribution in [0, 0.1) is 13.8 Å². The number of aliphatic imine (C=N–C) groups is 2. The molecule has 0 aromatic heterocycles. The molecule has 0 atom stereocenters. The lowest BCUT2D eigenvalue weighted by Gasteiger charge is -2.31. The van der Waals surface area contributed by atoms with Crippen LogP contribution in [0.1, 0.15) is 55.6 Å². The molecule has 8 aromatic carbocycles. The van der Waals surface area contributed by atoms with Gasteiger partial charge in [-0.15, -0.1) is 0 Å². The van der Waals surface area contributed by atoms with Gasteiger partial charge in [0, 0.05) is 22.3 Å². The standard InChI is InChI=1S/C53H38N2/c1-35-21-27-41(28-22-35)54-51(37-13-5-3-6-14-37)39-25-31-45-43-17-9-11-19-47(43)53(49(45)33-39)48-20-12-10-18-44(48)46-32-26-40(34-50(46)53)52(38-15-7-4-8-16-38)55-42-29-23-36(2)24-30-42/h3-34H,1-2H3. The van der Waals surface area contributed by atoms with Gasteiger partial charge >= 0.3 is 0 Å². The third kappa shape index (κ3) is 5.41. The molecule has 0 heterocycles. The molecule has 55 heavy (non-hydrogen) atoms. The number of hydrogen-bond acceptors (Lipinski definition) is 2. The first-order valence-corrected chi connectivity index (χ1v) is 19.0. The molecule has 1 spiro atoms. The molecule has 0 bridgehead atoms. The molecule has 0 N–H and O–H groups in total. The minimum atomic E-state index is -0.540. The van der Waals surface area contributed by atoms with Gasteiger partial charge in [-0.2, -0.15) is 0 Å². The third-order valence-corrected chi connectivity index (χ3v) is 11.3. The first-order valence-electron chi connectivity index (χ1n) is 19.0. The molecular weight excluding hydrogens is 665 g/mol. The predicted molar refractivity (Wildman–Crippen MR) is 229 cm³/mol. The van der Waals surface area contributed by atoms with Crippen LogP contribution in [-0.2, 0) is 5.41 Å². The summed E-state index contributed by atoms with van der Waals surface area (Å²) in [5.74, 6) is 0. The number of benzene rings is 8. The summed E-state index contributed by atoms with van der Waals surface area (Å²) in [7, 11) is 0. The van der Waals surface area contributed by atoms with Crippen molar-refractivity contribution in [1.29, 1.82) is 0 Å². The van der Waals surface area contributed by atoms with Gasteiger partial charge in [-0.3, -0.25) is 0 Å². The summed E-state index contributed by atoms with van der Waals surface area (Å²) in [6, 6.07) is 70.1. The van der Waals surface area contributed by atoms with Gasteiger partial charge in [-0.25, -0.2) is 9.98 Å². The molecule has 8 aromatic rings. The lowest BCUT2D eigenvalue weighted by Crippen LogP contribution is -2.26. The van der Waals surface area contributed by atoms with Crippen molar-refractivity contribution in [3.05, 3.63) is 250 Å². The average molecular weight is 703 g/mol. The maximum absolute atomic E-state index is 5.34. The molecule has 2 heteroatoms. The van der Waals surface area contributed by atoms with E-state index in [9.17, 15) is 0 Å². The van der Waals surface area contributed by atoms with Gasteiger partial charge in [0.25, 0.3) is 0 Å². The topological polar surface area (TPSA) is 24.7 Å². The van der Waals surface area contributed by atoms with E-state index in [1.165, 1.54) is 55.6 Å². The molecule has 2 nitrogen and oxygen atoms in total. The number of rotatable bonds is 6. The number of fused-ring (bicyclic) bond motifs is 10. The molecule has 0 radical (unpaired) electrons. The lowest BCUT2D eigenvalue weighted by atomic mass is 9.70. The van der Waals surface area contributed by atoms with E-state index >= 15 is 0 Å². The van der Waals surface area contributed by atoms with Crippen LogP contribution in [0.3, 0.4) is 0 Å². The highest BCUT2D eigenvalue weighted by Gasteiger charge is 2.51. The maximum atomic E-state index is 5.34. The Morgan fingerprint density at radius 3 is 1.11 bits per heavy atom. The van der Waals surface area contributed by atoms with Crippen LogP contribution in [0.15, 0.2) is 204 Å². The number of aryl methyl sites for hydroxylation is 2. The van der Waals surface area contributed by atoms with Crippen molar-refractivity contribution in [2.75, 3.05) is 0 Å². The summed E-state index contributed by atoms with van der Waals surface area (Å²) >= 11 is 0. The molecule has 2 aliphatic rings. The van der Waals surface area contributed by atoms with Crippen molar-refractivity contribution < 1.29 is 0 Å². The van der Waals surface area contributed by atoms with Gasteiger partial charge in [0.05, 0.1) is 28.2 Å².